The van der Waals surface area contributed by atoms with Gasteiger partial charge in [-0.15, -0.1) is 0 Å². The summed E-state index contributed by atoms with van der Waals surface area (Å²) >= 11 is 6.22. The second kappa shape index (κ2) is 6.41. The lowest BCUT2D eigenvalue weighted by Gasteiger charge is -2.27. The Bertz CT molecular complexity index is 403. The number of rotatable bonds is 4. The molecule has 100 valence electrons. The van der Waals surface area contributed by atoms with E-state index in [1.165, 1.54) is 5.56 Å². The van der Waals surface area contributed by atoms with Crippen LogP contribution in [0.25, 0.3) is 0 Å². The highest BCUT2D eigenvalue weighted by Crippen LogP contribution is 2.27. The largest absolute Gasteiger partial charge is 0.496 e. The third-order valence-corrected chi connectivity index (χ3v) is 3.90. The van der Waals surface area contributed by atoms with Gasteiger partial charge in [-0.2, -0.15) is 0 Å². The molecule has 3 nitrogen and oxygen atoms in total. The van der Waals surface area contributed by atoms with Crippen LogP contribution in [0.2, 0.25) is 5.02 Å². The molecule has 1 N–H and O–H groups in total. The first-order chi connectivity index (χ1) is 8.70. The molecular formula is C14H21ClN2O. The first-order valence-electron chi connectivity index (χ1n) is 6.47. The Balaban J connectivity index is 1.98. The minimum Gasteiger partial charge on any atom is -0.496 e. The van der Waals surface area contributed by atoms with Gasteiger partial charge in [0.1, 0.15) is 5.75 Å². The molecule has 1 heterocycles. The molecule has 0 amide bonds. The van der Waals surface area contributed by atoms with Gasteiger partial charge in [-0.05, 0) is 31.0 Å². The van der Waals surface area contributed by atoms with Gasteiger partial charge in [0.15, 0.2) is 0 Å². The summed E-state index contributed by atoms with van der Waals surface area (Å²) in [5.74, 6) is 0.887. The molecule has 1 aromatic rings. The van der Waals surface area contributed by atoms with Crippen molar-refractivity contribution < 1.29 is 4.74 Å². The first kappa shape index (κ1) is 13.7. The van der Waals surface area contributed by atoms with Crippen LogP contribution in [0.3, 0.4) is 0 Å². The molecule has 0 spiro atoms. The van der Waals surface area contributed by atoms with Crippen molar-refractivity contribution in [2.45, 2.75) is 13.3 Å². The van der Waals surface area contributed by atoms with Crippen molar-refractivity contribution in [1.29, 1.82) is 0 Å². The molecular weight excluding hydrogens is 248 g/mol. The van der Waals surface area contributed by atoms with Crippen LogP contribution in [0.15, 0.2) is 12.1 Å². The topological polar surface area (TPSA) is 24.5 Å². The molecule has 1 aliphatic rings. The highest BCUT2D eigenvalue weighted by Gasteiger charge is 2.11. The number of halogens is 1. The van der Waals surface area contributed by atoms with E-state index in [0.29, 0.717) is 0 Å². The monoisotopic (exact) mass is 268 g/mol. The second-order valence-electron chi connectivity index (χ2n) is 4.75. The van der Waals surface area contributed by atoms with Crippen LogP contribution in [0.5, 0.6) is 5.75 Å². The summed E-state index contributed by atoms with van der Waals surface area (Å²) in [6, 6.07) is 4.16. The smallest absolute Gasteiger partial charge is 0.123 e. The zero-order chi connectivity index (χ0) is 13.0. The maximum absolute atomic E-state index is 6.22. The summed E-state index contributed by atoms with van der Waals surface area (Å²) in [6.45, 7) is 7.54. The standard InChI is InChI=1S/C14H21ClN2O/c1-11-13(15)9-12(10-14(11)18-2)3-6-17-7-4-16-5-8-17/h9-10,16H,3-8H2,1-2H3. The Morgan fingerprint density at radius 1 is 1.33 bits per heavy atom. The summed E-state index contributed by atoms with van der Waals surface area (Å²) in [4.78, 5) is 2.48. The summed E-state index contributed by atoms with van der Waals surface area (Å²) in [7, 11) is 1.69. The van der Waals surface area contributed by atoms with E-state index in [0.717, 1.165) is 55.5 Å². The third kappa shape index (κ3) is 3.37. The minimum atomic E-state index is 0.796. The first-order valence-corrected chi connectivity index (χ1v) is 6.84. The average Bonchev–Trinajstić information content (AvgIpc) is 2.41. The van der Waals surface area contributed by atoms with Gasteiger partial charge in [0.25, 0.3) is 0 Å². The van der Waals surface area contributed by atoms with Crippen molar-refractivity contribution >= 4 is 11.6 Å². The lowest BCUT2D eigenvalue weighted by Crippen LogP contribution is -2.44. The van der Waals surface area contributed by atoms with Crippen LogP contribution in [-0.4, -0.2) is 44.7 Å². The Labute approximate surface area is 114 Å². The SMILES string of the molecule is COc1cc(CCN2CCNCC2)cc(Cl)c1C. The molecule has 0 aromatic heterocycles. The zero-order valence-corrected chi connectivity index (χ0v) is 11.9. The predicted octanol–water partition coefficient (Wildman–Crippen LogP) is 2.10. The fraction of sp³-hybridized carbons (Fsp3) is 0.571. The molecule has 0 bridgehead atoms. The molecule has 0 saturated carbocycles. The summed E-state index contributed by atoms with van der Waals surface area (Å²) < 4.78 is 5.35. The number of ether oxygens (including phenoxy) is 1. The highest BCUT2D eigenvalue weighted by molar-refractivity contribution is 6.31. The normalized spacial score (nSPS) is 16.8. The maximum Gasteiger partial charge on any atom is 0.123 e. The van der Waals surface area contributed by atoms with Crippen molar-refractivity contribution in [2.24, 2.45) is 0 Å². The quantitative estimate of drug-likeness (QED) is 0.905. The Morgan fingerprint density at radius 3 is 2.72 bits per heavy atom. The van der Waals surface area contributed by atoms with Gasteiger partial charge in [0, 0.05) is 43.3 Å². The molecule has 18 heavy (non-hydrogen) atoms. The molecule has 1 saturated heterocycles. The Kier molecular flexibility index (Phi) is 4.87. The van der Waals surface area contributed by atoms with Gasteiger partial charge < -0.3 is 15.0 Å². The molecule has 1 fully saturated rings. The lowest BCUT2D eigenvalue weighted by atomic mass is 10.1. The van der Waals surface area contributed by atoms with Gasteiger partial charge in [-0.3, -0.25) is 0 Å². The summed E-state index contributed by atoms with van der Waals surface area (Å²) in [5, 5.41) is 4.16. The van der Waals surface area contributed by atoms with E-state index in [1.54, 1.807) is 7.11 Å². The van der Waals surface area contributed by atoms with Crippen molar-refractivity contribution in [3.05, 3.63) is 28.3 Å². The fourth-order valence-corrected chi connectivity index (χ4v) is 2.52. The maximum atomic E-state index is 6.22. The van der Waals surface area contributed by atoms with Crippen LogP contribution in [-0.2, 0) is 6.42 Å². The van der Waals surface area contributed by atoms with Gasteiger partial charge in [-0.1, -0.05) is 11.6 Å². The van der Waals surface area contributed by atoms with Crippen LogP contribution in [0.4, 0.5) is 0 Å². The van der Waals surface area contributed by atoms with Gasteiger partial charge in [0.05, 0.1) is 7.11 Å². The number of methoxy groups -OCH3 is 1. The fourth-order valence-electron chi connectivity index (χ4n) is 2.29. The van der Waals surface area contributed by atoms with Crippen molar-refractivity contribution in [1.82, 2.24) is 10.2 Å². The van der Waals surface area contributed by atoms with E-state index in [9.17, 15) is 0 Å². The second-order valence-corrected chi connectivity index (χ2v) is 5.15. The minimum absolute atomic E-state index is 0.796. The molecule has 1 aliphatic heterocycles. The third-order valence-electron chi connectivity index (χ3n) is 3.50. The van der Waals surface area contributed by atoms with E-state index in [4.69, 9.17) is 16.3 Å². The van der Waals surface area contributed by atoms with E-state index >= 15 is 0 Å². The molecule has 2 rings (SSSR count). The average molecular weight is 269 g/mol. The predicted molar refractivity (Wildman–Crippen MR) is 75.8 cm³/mol. The van der Waals surface area contributed by atoms with Gasteiger partial charge in [0.2, 0.25) is 0 Å². The van der Waals surface area contributed by atoms with Crippen LogP contribution < -0.4 is 10.1 Å². The van der Waals surface area contributed by atoms with E-state index in [-0.39, 0.29) is 0 Å². The van der Waals surface area contributed by atoms with Crippen molar-refractivity contribution in [2.75, 3.05) is 39.8 Å². The Morgan fingerprint density at radius 2 is 2.06 bits per heavy atom. The van der Waals surface area contributed by atoms with E-state index < -0.39 is 0 Å². The molecule has 0 unspecified atom stereocenters. The van der Waals surface area contributed by atoms with Gasteiger partial charge in [-0.25, -0.2) is 0 Å². The number of hydrogen-bond acceptors (Lipinski definition) is 3. The molecule has 0 radical (unpaired) electrons. The van der Waals surface area contributed by atoms with Crippen LogP contribution >= 0.6 is 11.6 Å². The van der Waals surface area contributed by atoms with E-state index in [2.05, 4.69) is 22.3 Å². The van der Waals surface area contributed by atoms with Crippen molar-refractivity contribution in [3.8, 4) is 5.75 Å². The molecule has 1 aromatic carbocycles. The van der Waals surface area contributed by atoms with E-state index in [1.807, 2.05) is 6.92 Å². The number of hydrogen-bond donors (Lipinski definition) is 1. The summed E-state index contributed by atoms with van der Waals surface area (Å²) in [5.41, 5.74) is 2.27. The lowest BCUT2D eigenvalue weighted by molar-refractivity contribution is 0.244. The summed E-state index contributed by atoms with van der Waals surface area (Å²) in [6.07, 6.45) is 1.02. The van der Waals surface area contributed by atoms with Crippen LogP contribution in [0.1, 0.15) is 11.1 Å². The molecule has 0 atom stereocenters. The molecule has 0 aliphatic carbocycles. The van der Waals surface area contributed by atoms with Crippen molar-refractivity contribution in [3.63, 3.8) is 0 Å². The molecule has 4 heteroatoms. The highest BCUT2D eigenvalue weighted by atomic mass is 35.5. The zero-order valence-electron chi connectivity index (χ0n) is 11.1. The van der Waals surface area contributed by atoms with Crippen LogP contribution in [0, 0.1) is 6.92 Å². The number of benzene rings is 1. The van der Waals surface area contributed by atoms with Gasteiger partial charge >= 0.3 is 0 Å². The number of nitrogens with zero attached hydrogens (tertiary/aromatic N) is 1. The number of nitrogens with one attached hydrogen (secondary N) is 1. The Hall–Kier alpha value is -0.770. The number of piperazine rings is 1.